The van der Waals surface area contributed by atoms with Gasteiger partial charge in [0.15, 0.2) is 0 Å². The van der Waals surface area contributed by atoms with Gasteiger partial charge >= 0.3 is 0 Å². The van der Waals surface area contributed by atoms with E-state index in [2.05, 4.69) is 20.4 Å². The van der Waals surface area contributed by atoms with E-state index in [4.69, 9.17) is 0 Å². The molecular weight excluding hydrogens is 278 g/mol. The molecule has 3 aromatic rings. The maximum absolute atomic E-state index is 12.4. The Morgan fingerprint density at radius 3 is 3.32 bits per heavy atom. The van der Waals surface area contributed by atoms with Crippen LogP contribution in [0.2, 0.25) is 0 Å². The fourth-order valence-corrected chi connectivity index (χ4v) is 3.08. The minimum atomic E-state index is -0.0281. The maximum atomic E-state index is 12.4. The molecule has 1 atom stereocenters. The van der Waals surface area contributed by atoms with Gasteiger partial charge in [-0.1, -0.05) is 12.1 Å². The minimum Gasteiger partial charge on any atom is -0.361 e. The SMILES string of the molecule is O=C(NCc1cccc2[nH]ccc12)C1CCc2ncnn2C1. The number of carbonyl (C=O) groups excluding carboxylic acids is 1. The number of carbonyl (C=O) groups is 1. The van der Waals surface area contributed by atoms with Crippen LogP contribution in [-0.4, -0.2) is 25.7 Å². The van der Waals surface area contributed by atoms with Crippen LogP contribution in [0.5, 0.6) is 0 Å². The lowest BCUT2D eigenvalue weighted by molar-refractivity contribution is -0.126. The molecule has 2 N–H and O–H groups in total. The van der Waals surface area contributed by atoms with Gasteiger partial charge in [-0.05, 0) is 24.1 Å². The summed E-state index contributed by atoms with van der Waals surface area (Å²) in [4.78, 5) is 19.8. The molecule has 22 heavy (non-hydrogen) atoms. The van der Waals surface area contributed by atoms with Gasteiger partial charge in [-0.25, -0.2) is 9.67 Å². The molecule has 0 radical (unpaired) electrons. The normalized spacial score (nSPS) is 17.4. The van der Waals surface area contributed by atoms with Gasteiger partial charge in [-0.15, -0.1) is 0 Å². The zero-order chi connectivity index (χ0) is 14.9. The molecule has 1 aromatic carbocycles. The zero-order valence-corrected chi connectivity index (χ0v) is 12.1. The number of aromatic nitrogens is 4. The summed E-state index contributed by atoms with van der Waals surface area (Å²) in [6, 6.07) is 8.13. The van der Waals surface area contributed by atoms with Crippen molar-refractivity contribution in [3.8, 4) is 0 Å². The molecule has 1 unspecified atom stereocenters. The van der Waals surface area contributed by atoms with Gasteiger partial charge < -0.3 is 10.3 Å². The first-order chi connectivity index (χ1) is 10.8. The molecule has 3 heterocycles. The molecule has 1 aliphatic heterocycles. The summed E-state index contributed by atoms with van der Waals surface area (Å²) in [5.41, 5.74) is 2.22. The molecule has 6 nitrogen and oxygen atoms in total. The van der Waals surface area contributed by atoms with Crippen molar-refractivity contribution in [2.75, 3.05) is 0 Å². The number of hydrogen-bond donors (Lipinski definition) is 2. The van der Waals surface area contributed by atoms with Crippen LogP contribution in [0.3, 0.4) is 0 Å². The molecule has 112 valence electrons. The Kier molecular flexibility index (Phi) is 3.14. The largest absolute Gasteiger partial charge is 0.361 e. The lowest BCUT2D eigenvalue weighted by Crippen LogP contribution is -2.36. The second-order valence-electron chi connectivity index (χ2n) is 5.67. The Labute approximate surface area is 127 Å². The van der Waals surface area contributed by atoms with Crippen LogP contribution in [0, 0.1) is 5.92 Å². The van der Waals surface area contributed by atoms with Gasteiger partial charge in [0.25, 0.3) is 0 Å². The molecule has 0 fully saturated rings. The van der Waals surface area contributed by atoms with E-state index in [1.54, 1.807) is 6.33 Å². The van der Waals surface area contributed by atoms with Crippen molar-refractivity contribution in [3.05, 3.63) is 48.2 Å². The number of aryl methyl sites for hydroxylation is 1. The van der Waals surface area contributed by atoms with Crippen molar-refractivity contribution in [1.29, 1.82) is 0 Å². The highest BCUT2D eigenvalue weighted by Gasteiger charge is 2.25. The van der Waals surface area contributed by atoms with Crippen LogP contribution in [-0.2, 0) is 24.3 Å². The molecule has 0 saturated carbocycles. The van der Waals surface area contributed by atoms with Gasteiger partial charge in [-0.2, -0.15) is 5.10 Å². The van der Waals surface area contributed by atoms with E-state index in [0.29, 0.717) is 13.1 Å². The lowest BCUT2D eigenvalue weighted by Gasteiger charge is -2.21. The number of nitrogens with one attached hydrogen (secondary N) is 2. The Bertz CT molecular complexity index is 819. The van der Waals surface area contributed by atoms with Crippen molar-refractivity contribution in [2.24, 2.45) is 5.92 Å². The highest BCUT2D eigenvalue weighted by molar-refractivity contribution is 5.84. The summed E-state index contributed by atoms with van der Waals surface area (Å²) in [6.45, 7) is 1.17. The molecular formula is C16H17N5O. The predicted octanol–water partition coefficient (Wildman–Crippen LogP) is 1.64. The summed E-state index contributed by atoms with van der Waals surface area (Å²) >= 11 is 0. The quantitative estimate of drug-likeness (QED) is 0.771. The van der Waals surface area contributed by atoms with E-state index >= 15 is 0 Å². The molecule has 1 aliphatic rings. The average Bonchev–Trinajstić information content (AvgIpc) is 3.20. The van der Waals surface area contributed by atoms with Crippen LogP contribution in [0.25, 0.3) is 10.9 Å². The van der Waals surface area contributed by atoms with E-state index in [-0.39, 0.29) is 11.8 Å². The van der Waals surface area contributed by atoms with Gasteiger partial charge in [-0.3, -0.25) is 4.79 Å². The van der Waals surface area contributed by atoms with Crippen LogP contribution in [0.4, 0.5) is 0 Å². The van der Waals surface area contributed by atoms with Gasteiger partial charge in [0.2, 0.25) is 5.91 Å². The zero-order valence-electron chi connectivity index (χ0n) is 12.1. The first-order valence-corrected chi connectivity index (χ1v) is 7.50. The number of H-pyrrole nitrogens is 1. The van der Waals surface area contributed by atoms with Crippen LogP contribution in [0.15, 0.2) is 36.8 Å². The Morgan fingerprint density at radius 1 is 1.41 bits per heavy atom. The molecule has 0 bridgehead atoms. The number of rotatable bonds is 3. The van der Waals surface area contributed by atoms with Crippen LogP contribution >= 0.6 is 0 Å². The van der Waals surface area contributed by atoms with E-state index in [1.807, 2.05) is 35.1 Å². The second-order valence-corrected chi connectivity index (χ2v) is 5.67. The first-order valence-electron chi connectivity index (χ1n) is 7.50. The molecule has 0 aliphatic carbocycles. The Balaban J connectivity index is 1.44. The fourth-order valence-electron chi connectivity index (χ4n) is 3.08. The van der Waals surface area contributed by atoms with Crippen LogP contribution < -0.4 is 5.32 Å². The van der Waals surface area contributed by atoms with Crippen molar-refractivity contribution < 1.29 is 4.79 Å². The Morgan fingerprint density at radius 2 is 2.36 bits per heavy atom. The van der Waals surface area contributed by atoms with E-state index in [1.165, 1.54) is 0 Å². The monoisotopic (exact) mass is 295 g/mol. The lowest BCUT2D eigenvalue weighted by atomic mass is 9.98. The van der Waals surface area contributed by atoms with Crippen molar-refractivity contribution >= 4 is 16.8 Å². The second kappa shape index (κ2) is 5.29. The number of benzene rings is 1. The van der Waals surface area contributed by atoms with Crippen molar-refractivity contribution in [3.63, 3.8) is 0 Å². The van der Waals surface area contributed by atoms with E-state index < -0.39 is 0 Å². The first kappa shape index (κ1) is 13.1. The van der Waals surface area contributed by atoms with Gasteiger partial charge in [0.1, 0.15) is 12.2 Å². The van der Waals surface area contributed by atoms with Gasteiger partial charge in [0.05, 0.1) is 12.5 Å². The molecule has 4 rings (SSSR count). The molecule has 6 heteroatoms. The predicted molar refractivity (Wildman–Crippen MR) is 82.0 cm³/mol. The van der Waals surface area contributed by atoms with Crippen LogP contribution in [0.1, 0.15) is 17.8 Å². The molecule has 0 spiro atoms. The summed E-state index contributed by atoms with van der Waals surface area (Å²) in [5, 5.41) is 8.38. The maximum Gasteiger partial charge on any atom is 0.225 e. The summed E-state index contributed by atoms with van der Waals surface area (Å²) in [7, 11) is 0. The summed E-state index contributed by atoms with van der Waals surface area (Å²) in [6.07, 6.45) is 5.12. The number of aromatic amines is 1. The van der Waals surface area contributed by atoms with E-state index in [0.717, 1.165) is 35.1 Å². The third-order valence-electron chi connectivity index (χ3n) is 4.31. The number of fused-ring (bicyclic) bond motifs is 2. The topological polar surface area (TPSA) is 75.6 Å². The summed E-state index contributed by atoms with van der Waals surface area (Å²) in [5.74, 6) is 1.04. The number of amides is 1. The molecule has 0 saturated heterocycles. The number of hydrogen-bond acceptors (Lipinski definition) is 3. The average molecular weight is 295 g/mol. The highest BCUT2D eigenvalue weighted by Crippen LogP contribution is 2.19. The van der Waals surface area contributed by atoms with Gasteiger partial charge in [0, 0.05) is 30.1 Å². The van der Waals surface area contributed by atoms with E-state index in [9.17, 15) is 4.79 Å². The molecule has 2 aromatic heterocycles. The molecule has 1 amide bonds. The highest BCUT2D eigenvalue weighted by atomic mass is 16.1. The Hall–Kier alpha value is -2.63. The smallest absolute Gasteiger partial charge is 0.225 e. The van der Waals surface area contributed by atoms with Crippen molar-refractivity contribution in [1.82, 2.24) is 25.1 Å². The third-order valence-corrected chi connectivity index (χ3v) is 4.31. The number of nitrogens with zero attached hydrogens (tertiary/aromatic N) is 3. The fraction of sp³-hybridized carbons (Fsp3) is 0.312. The minimum absolute atomic E-state index is 0.0281. The standard InChI is InChI=1S/C16H17N5O/c22-16(12-4-5-15-19-10-20-21(15)9-12)18-8-11-2-1-3-14-13(11)6-7-17-14/h1-3,6-7,10,12,17H,4-5,8-9H2,(H,18,22). The third kappa shape index (κ3) is 2.26. The summed E-state index contributed by atoms with van der Waals surface area (Å²) < 4.78 is 1.83. The van der Waals surface area contributed by atoms with Crippen molar-refractivity contribution in [2.45, 2.75) is 25.9 Å².